The monoisotopic (exact) mass is 548 g/mol. The third-order valence-corrected chi connectivity index (χ3v) is 7.04. The molecule has 2 amide bonds. The molecule has 5 aromatic rings. The van der Waals surface area contributed by atoms with Crippen LogP contribution in [0.25, 0.3) is 28.1 Å². The van der Waals surface area contributed by atoms with Gasteiger partial charge in [0.15, 0.2) is 5.69 Å². The van der Waals surface area contributed by atoms with Crippen LogP contribution in [-0.2, 0) is 11.3 Å². The lowest BCUT2D eigenvalue weighted by Gasteiger charge is -2.17. The highest BCUT2D eigenvalue weighted by molar-refractivity contribution is 6.38. The number of carbonyl (C=O) groups is 2. The molecule has 0 aliphatic heterocycles. The van der Waals surface area contributed by atoms with E-state index in [1.807, 2.05) is 28.8 Å². The van der Waals surface area contributed by atoms with Gasteiger partial charge in [0.05, 0.1) is 10.5 Å². The lowest BCUT2D eigenvalue weighted by atomic mass is 10.1. The summed E-state index contributed by atoms with van der Waals surface area (Å²) in [4.78, 5) is 29.7. The average Bonchev–Trinajstić information content (AvgIpc) is 3.22. The summed E-state index contributed by atoms with van der Waals surface area (Å²) in [6.07, 6.45) is 1.08. The van der Waals surface area contributed by atoms with E-state index in [1.54, 1.807) is 19.9 Å². The highest BCUT2D eigenvalue weighted by Crippen LogP contribution is 2.39. The molecule has 0 bridgehead atoms. The molecule has 10 nitrogen and oxygen atoms in total. The maximum Gasteiger partial charge on any atom is 0.274 e. The average molecular weight is 549 g/mol. The maximum atomic E-state index is 14.0. The molecule has 3 heterocycles. The van der Waals surface area contributed by atoms with Crippen molar-refractivity contribution in [2.75, 3.05) is 0 Å². The van der Waals surface area contributed by atoms with Gasteiger partial charge in [-0.2, -0.15) is 4.98 Å². The molecule has 2 aromatic carbocycles. The number of hydrogen-bond acceptors (Lipinski definition) is 7. The van der Waals surface area contributed by atoms with Gasteiger partial charge in [-0.25, -0.2) is 4.39 Å². The first-order valence-corrected chi connectivity index (χ1v) is 12.6. The topological polar surface area (TPSA) is 128 Å². The molecule has 0 atom stereocenters. The van der Waals surface area contributed by atoms with Gasteiger partial charge in [-0.05, 0) is 55.7 Å². The van der Waals surface area contributed by atoms with Crippen LogP contribution in [0.3, 0.4) is 0 Å². The Balaban J connectivity index is 1.22. The Hall–Kier alpha value is -4.51. The zero-order valence-corrected chi connectivity index (χ0v) is 21.7. The number of nitrogens with zero attached hydrogens (tertiary/aromatic N) is 4. The SMILES string of the molecule is Cc1cc(C(=O)NC2(C(=O)NCc3ccc(-n4c(-c5noc(C)n5)c(Cl)c5cc(F)ccc54)cc3)CC2)no1. The van der Waals surface area contributed by atoms with E-state index in [0.717, 1.165) is 11.3 Å². The molecule has 2 N–H and O–H groups in total. The molecule has 0 unspecified atom stereocenters. The van der Waals surface area contributed by atoms with Crippen molar-refractivity contribution in [3.8, 4) is 17.2 Å². The first kappa shape index (κ1) is 24.8. The van der Waals surface area contributed by atoms with E-state index >= 15 is 0 Å². The smallest absolute Gasteiger partial charge is 0.274 e. The van der Waals surface area contributed by atoms with E-state index in [0.29, 0.717) is 46.1 Å². The van der Waals surface area contributed by atoms with Crippen LogP contribution in [0.4, 0.5) is 4.39 Å². The second kappa shape index (κ2) is 9.35. The van der Waals surface area contributed by atoms with Gasteiger partial charge in [0, 0.05) is 30.6 Å². The number of nitrogens with one attached hydrogen (secondary N) is 2. The Kier molecular flexibility index (Phi) is 5.95. The minimum atomic E-state index is -0.947. The van der Waals surface area contributed by atoms with Crippen molar-refractivity contribution in [2.24, 2.45) is 0 Å². The Morgan fingerprint density at radius 3 is 2.49 bits per heavy atom. The number of aromatic nitrogens is 4. The van der Waals surface area contributed by atoms with Gasteiger partial charge in [-0.15, -0.1) is 0 Å². The van der Waals surface area contributed by atoms with Crippen molar-refractivity contribution in [3.05, 3.63) is 82.3 Å². The summed E-state index contributed by atoms with van der Waals surface area (Å²) >= 11 is 6.67. The maximum absolute atomic E-state index is 14.0. The minimum absolute atomic E-state index is 0.137. The summed E-state index contributed by atoms with van der Waals surface area (Å²) in [6, 6.07) is 13.3. The molecule has 12 heteroatoms. The first-order valence-electron chi connectivity index (χ1n) is 12.2. The zero-order chi connectivity index (χ0) is 27.3. The molecule has 1 saturated carbocycles. The van der Waals surface area contributed by atoms with Crippen molar-refractivity contribution in [2.45, 2.75) is 38.8 Å². The van der Waals surface area contributed by atoms with E-state index < -0.39 is 17.3 Å². The number of rotatable bonds is 7. The van der Waals surface area contributed by atoms with E-state index in [-0.39, 0.29) is 24.0 Å². The van der Waals surface area contributed by atoms with Gasteiger partial charge >= 0.3 is 0 Å². The van der Waals surface area contributed by atoms with Gasteiger partial charge < -0.3 is 24.2 Å². The van der Waals surface area contributed by atoms with Crippen LogP contribution in [0.15, 0.2) is 57.6 Å². The zero-order valence-electron chi connectivity index (χ0n) is 20.9. The molecule has 198 valence electrons. The highest BCUT2D eigenvalue weighted by Gasteiger charge is 2.51. The van der Waals surface area contributed by atoms with Gasteiger partial charge in [0.25, 0.3) is 5.91 Å². The van der Waals surface area contributed by atoms with E-state index in [2.05, 4.69) is 25.9 Å². The Labute approximate surface area is 226 Å². The molecule has 0 spiro atoms. The van der Waals surface area contributed by atoms with Gasteiger partial charge in [0.1, 0.15) is 22.8 Å². The third kappa shape index (κ3) is 4.54. The second-order valence-electron chi connectivity index (χ2n) is 9.50. The highest BCUT2D eigenvalue weighted by atomic mass is 35.5. The van der Waals surface area contributed by atoms with E-state index in [1.165, 1.54) is 18.2 Å². The summed E-state index contributed by atoms with van der Waals surface area (Å²) < 4.78 is 26.0. The quantitative estimate of drug-likeness (QED) is 0.303. The molecule has 39 heavy (non-hydrogen) atoms. The predicted octanol–water partition coefficient (Wildman–Crippen LogP) is 4.66. The van der Waals surface area contributed by atoms with Crippen LogP contribution < -0.4 is 10.6 Å². The number of benzene rings is 2. The fraction of sp³-hybridized carbons (Fsp3) is 0.222. The number of amides is 2. The first-order chi connectivity index (χ1) is 18.7. The normalized spacial score (nSPS) is 13.9. The summed E-state index contributed by atoms with van der Waals surface area (Å²) in [5.41, 5.74) is 1.92. The molecular formula is C27H22ClFN6O4. The number of halogens is 2. The lowest BCUT2D eigenvalue weighted by molar-refractivity contribution is -0.124. The number of hydrogen-bond donors (Lipinski definition) is 2. The molecule has 0 radical (unpaired) electrons. The van der Waals surface area contributed by atoms with Crippen LogP contribution in [0, 0.1) is 19.7 Å². The van der Waals surface area contributed by atoms with Crippen molar-refractivity contribution >= 4 is 34.3 Å². The standard InChI is InChI=1S/C27H22ClFN6O4/c1-14-11-20(33-38-14)25(36)32-27(9-10-27)26(37)30-13-16-3-6-18(7-4-16)35-21-8-5-17(29)12-19(21)22(28)23(35)24-31-15(2)39-34-24/h3-8,11-12H,9-10,13H2,1-2H3,(H,30,37)(H,32,36). The van der Waals surface area contributed by atoms with Crippen molar-refractivity contribution in [3.63, 3.8) is 0 Å². The van der Waals surface area contributed by atoms with Gasteiger partial charge in [-0.1, -0.05) is 34.0 Å². The van der Waals surface area contributed by atoms with E-state index in [9.17, 15) is 14.0 Å². The number of carbonyl (C=O) groups excluding carboxylic acids is 2. The van der Waals surface area contributed by atoms with Crippen molar-refractivity contribution < 1.29 is 23.0 Å². The van der Waals surface area contributed by atoms with Crippen molar-refractivity contribution in [1.29, 1.82) is 0 Å². The fourth-order valence-electron chi connectivity index (χ4n) is 4.49. The third-order valence-electron chi connectivity index (χ3n) is 6.65. The summed E-state index contributed by atoms with van der Waals surface area (Å²) in [7, 11) is 0. The van der Waals surface area contributed by atoms with Crippen LogP contribution >= 0.6 is 11.6 Å². The second-order valence-corrected chi connectivity index (χ2v) is 9.88. The van der Waals surface area contributed by atoms with Crippen LogP contribution in [0.2, 0.25) is 5.02 Å². The minimum Gasteiger partial charge on any atom is -0.361 e. The summed E-state index contributed by atoms with van der Waals surface area (Å²) in [6.45, 7) is 3.62. The van der Waals surface area contributed by atoms with Crippen molar-refractivity contribution in [1.82, 2.24) is 30.5 Å². The molecule has 6 rings (SSSR count). The Morgan fingerprint density at radius 1 is 1.08 bits per heavy atom. The molecular weight excluding hydrogens is 527 g/mol. The number of fused-ring (bicyclic) bond motifs is 1. The molecule has 1 aliphatic rings. The lowest BCUT2D eigenvalue weighted by Crippen LogP contribution is -2.48. The van der Waals surface area contributed by atoms with Crippen LogP contribution in [-0.4, -0.2) is 37.2 Å². The van der Waals surface area contributed by atoms with Gasteiger partial charge in [0.2, 0.25) is 17.6 Å². The number of aryl methyl sites for hydroxylation is 2. The fourth-order valence-corrected chi connectivity index (χ4v) is 4.81. The van der Waals surface area contributed by atoms with Gasteiger partial charge in [-0.3, -0.25) is 9.59 Å². The Morgan fingerprint density at radius 2 is 1.85 bits per heavy atom. The molecule has 3 aromatic heterocycles. The predicted molar refractivity (Wildman–Crippen MR) is 139 cm³/mol. The molecule has 1 aliphatic carbocycles. The van der Waals surface area contributed by atoms with Crippen LogP contribution in [0.1, 0.15) is 40.5 Å². The van der Waals surface area contributed by atoms with E-state index in [4.69, 9.17) is 20.6 Å². The molecule has 0 saturated heterocycles. The Bertz CT molecular complexity index is 1730. The molecule has 1 fully saturated rings. The summed E-state index contributed by atoms with van der Waals surface area (Å²) in [5, 5.41) is 14.2. The summed E-state index contributed by atoms with van der Waals surface area (Å²) in [5.74, 6) is 0.0389. The van der Waals surface area contributed by atoms with Crippen LogP contribution in [0.5, 0.6) is 0 Å². The largest absolute Gasteiger partial charge is 0.361 e.